The van der Waals surface area contributed by atoms with E-state index in [0.717, 1.165) is 69.8 Å². The molecule has 0 bridgehead atoms. The van der Waals surface area contributed by atoms with Crippen LogP contribution in [0.3, 0.4) is 0 Å². The third kappa shape index (κ3) is 6.05. The summed E-state index contributed by atoms with van der Waals surface area (Å²) < 4.78 is 0. The Morgan fingerprint density at radius 1 is 0.735 bits per heavy atom. The van der Waals surface area contributed by atoms with Crippen molar-refractivity contribution in [2.45, 2.75) is 66.7 Å². The molecule has 0 saturated heterocycles. The highest BCUT2D eigenvalue weighted by Gasteiger charge is 2.21. The Kier molecular flexibility index (Phi) is 8.86. The smallest absolute Gasteiger partial charge is 0.252 e. The zero-order chi connectivity index (χ0) is 24.7. The third-order valence-electron chi connectivity index (χ3n) is 6.30. The molecule has 180 valence electrons. The number of hydrogen-bond acceptors (Lipinski definition) is 2. The average Bonchev–Trinajstić information content (AvgIpc) is 2.79. The molecule has 0 aliphatic rings. The van der Waals surface area contributed by atoms with E-state index >= 15 is 0 Å². The second-order valence-electron chi connectivity index (χ2n) is 9.32. The first-order chi connectivity index (χ1) is 16.3. The quantitative estimate of drug-likeness (QED) is 0.344. The summed E-state index contributed by atoms with van der Waals surface area (Å²) in [6.45, 7) is 11.7. The third-order valence-corrected chi connectivity index (χ3v) is 6.30. The van der Waals surface area contributed by atoms with Crippen LogP contribution in [-0.2, 0) is 11.2 Å². The molecule has 3 aromatic carbocycles. The molecule has 34 heavy (non-hydrogen) atoms. The molecule has 0 unspecified atom stereocenters. The SMILES string of the molecule is CCCCNC(=O)Cc1cc(C)ccc1-c1cc(C)c2ccc(C)cc2c1C(=O)NCCCC. The van der Waals surface area contributed by atoms with Gasteiger partial charge in [-0.15, -0.1) is 0 Å². The number of amides is 2. The lowest BCUT2D eigenvalue weighted by Gasteiger charge is -2.19. The minimum Gasteiger partial charge on any atom is -0.356 e. The molecule has 4 heteroatoms. The molecular weight excluding hydrogens is 420 g/mol. The maximum atomic E-state index is 13.5. The van der Waals surface area contributed by atoms with Crippen LogP contribution >= 0.6 is 0 Å². The van der Waals surface area contributed by atoms with Gasteiger partial charge < -0.3 is 10.6 Å². The largest absolute Gasteiger partial charge is 0.356 e. The molecule has 0 fully saturated rings. The van der Waals surface area contributed by atoms with Gasteiger partial charge >= 0.3 is 0 Å². The lowest BCUT2D eigenvalue weighted by Crippen LogP contribution is -2.27. The maximum absolute atomic E-state index is 13.5. The monoisotopic (exact) mass is 458 g/mol. The van der Waals surface area contributed by atoms with E-state index in [-0.39, 0.29) is 11.8 Å². The molecule has 4 nitrogen and oxygen atoms in total. The van der Waals surface area contributed by atoms with Gasteiger partial charge in [0.15, 0.2) is 0 Å². The second kappa shape index (κ2) is 11.8. The molecule has 0 radical (unpaired) electrons. The summed E-state index contributed by atoms with van der Waals surface area (Å²) in [7, 11) is 0. The molecule has 0 spiro atoms. The van der Waals surface area contributed by atoms with E-state index in [0.29, 0.717) is 25.1 Å². The van der Waals surface area contributed by atoms with Crippen molar-refractivity contribution in [3.63, 3.8) is 0 Å². The Morgan fingerprint density at radius 2 is 1.38 bits per heavy atom. The molecule has 0 atom stereocenters. The first-order valence-electron chi connectivity index (χ1n) is 12.5. The Labute approximate surface area is 204 Å². The lowest BCUT2D eigenvalue weighted by atomic mass is 9.87. The van der Waals surface area contributed by atoms with Crippen molar-refractivity contribution in [2.75, 3.05) is 13.1 Å². The van der Waals surface area contributed by atoms with Gasteiger partial charge in [-0.25, -0.2) is 0 Å². The van der Waals surface area contributed by atoms with Crippen LogP contribution in [0.25, 0.3) is 21.9 Å². The maximum Gasteiger partial charge on any atom is 0.252 e. The standard InChI is InChI=1S/C30H38N2O2/c1-6-8-14-31-28(33)19-23-16-20(3)11-13-25(23)27-18-22(5)24-12-10-21(4)17-26(24)29(27)30(34)32-15-9-7-2/h10-13,16-18H,6-9,14-15,19H2,1-5H3,(H,31,33)(H,32,34). The van der Waals surface area contributed by atoms with E-state index in [2.05, 4.69) is 80.8 Å². The zero-order valence-corrected chi connectivity index (χ0v) is 21.3. The van der Waals surface area contributed by atoms with Gasteiger partial charge in [0.1, 0.15) is 0 Å². The molecule has 0 aliphatic heterocycles. The molecule has 0 aromatic heterocycles. The molecule has 2 amide bonds. The molecular formula is C30H38N2O2. The van der Waals surface area contributed by atoms with Gasteiger partial charge in [0, 0.05) is 13.1 Å². The zero-order valence-electron chi connectivity index (χ0n) is 21.3. The fourth-order valence-corrected chi connectivity index (χ4v) is 4.42. The normalized spacial score (nSPS) is 11.0. The summed E-state index contributed by atoms with van der Waals surface area (Å²) in [6.07, 6.45) is 4.27. The number of carbonyl (C=O) groups excluding carboxylic acids is 2. The molecule has 0 saturated carbocycles. The van der Waals surface area contributed by atoms with Gasteiger partial charge in [-0.3, -0.25) is 9.59 Å². The van der Waals surface area contributed by atoms with Gasteiger partial charge in [-0.05, 0) is 72.7 Å². The highest BCUT2D eigenvalue weighted by molar-refractivity contribution is 6.13. The van der Waals surface area contributed by atoms with Gasteiger partial charge in [0.25, 0.3) is 5.91 Å². The summed E-state index contributed by atoms with van der Waals surface area (Å²) in [4.78, 5) is 26.2. The first-order valence-corrected chi connectivity index (χ1v) is 12.5. The van der Waals surface area contributed by atoms with Gasteiger partial charge in [-0.2, -0.15) is 0 Å². The molecule has 3 aromatic rings. The van der Waals surface area contributed by atoms with E-state index in [4.69, 9.17) is 0 Å². The van der Waals surface area contributed by atoms with E-state index in [9.17, 15) is 9.59 Å². The van der Waals surface area contributed by atoms with Crippen LogP contribution < -0.4 is 10.6 Å². The number of unbranched alkanes of at least 4 members (excludes halogenated alkanes) is 2. The Bertz CT molecular complexity index is 1180. The average molecular weight is 459 g/mol. The molecule has 2 N–H and O–H groups in total. The van der Waals surface area contributed by atoms with Crippen LogP contribution in [0.5, 0.6) is 0 Å². The Morgan fingerprint density at radius 3 is 2.09 bits per heavy atom. The molecule has 3 rings (SSSR count). The van der Waals surface area contributed by atoms with Crippen LogP contribution in [-0.4, -0.2) is 24.9 Å². The summed E-state index contributed by atoms with van der Waals surface area (Å²) in [5.41, 5.74) is 6.81. The summed E-state index contributed by atoms with van der Waals surface area (Å²) in [5.74, 6) is -0.0411. The number of benzene rings is 3. The number of fused-ring (bicyclic) bond motifs is 1. The van der Waals surface area contributed by atoms with Gasteiger partial charge in [-0.1, -0.05) is 74.2 Å². The minimum absolute atomic E-state index is 0.0163. The van der Waals surface area contributed by atoms with Crippen LogP contribution in [0.15, 0.2) is 42.5 Å². The van der Waals surface area contributed by atoms with Crippen LogP contribution in [0.1, 0.15) is 72.1 Å². The number of nitrogens with one attached hydrogen (secondary N) is 2. The van der Waals surface area contributed by atoms with Crippen molar-refractivity contribution >= 4 is 22.6 Å². The minimum atomic E-state index is -0.0574. The topological polar surface area (TPSA) is 58.2 Å². The fraction of sp³-hybridized carbons (Fsp3) is 0.400. The van der Waals surface area contributed by atoms with Crippen LogP contribution in [0, 0.1) is 20.8 Å². The molecule has 0 aliphatic carbocycles. The summed E-state index contributed by atoms with van der Waals surface area (Å²) in [5, 5.41) is 8.21. The van der Waals surface area contributed by atoms with Crippen molar-refractivity contribution in [1.29, 1.82) is 0 Å². The Balaban J connectivity index is 2.16. The fourth-order valence-electron chi connectivity index (χ4n) is 4.42. The van der Waals surface area contributed by atoms with E-state index < -0.39 is 0 Å². The number of carbonyl (C=O) groups is 2. The van der Waals surface area contributed by atoms with E-state index in [1.807, 2.05) is 6.92 Å². The van der Waals surface area contributed by atoms with Crippen molar-refractivity contribution in [3.8, 4) is 11.1 Å². The number of aryl methyl sites for hydroxylation is 3. The number of rotatable bonds is 10. The van der Waals surface area contributed by atoms with Gasteiger partial charge in [0.05, 0.1) is 12.0 Å². The first kappa shape index (κ1) is 25.5. The van der Waals surface area contributed by atoms with E-state index in [1.165, 1.54) is 0 Å². The van der Waals surface area contributed by atoms with Gasteiger partial charge in [0.2, 0.25) is 5.91 Å². The van der Waals surface area contributed by atoms with Crippen molar-refractivity contribution in [1.82, 2.24) is 10.6 Å². The predicted molar refractivity (Wildman–Crippen MR) is 142 cm³/mol. The second-order valence-corrected chi connectivity index (χ2v) is 9.32. The van der Waals surface area contributed by atoms with Crippen molar-refractivity contribution in [3.05, 3.63) is 70.3 Å². The van der Waals surface area contributed by atoms with Crippen LogP contribution in [0.4, 0.5) is 0 Å². The van der Waals surface area contributed by atoms with Crippen molar-refractivity contribution < 1.29 is 9.59 Å². The highest BCUT2D eigenvalue weighted by atomic mass is 16.2. The lowest BCUT2D eigenvalue weighted by molar-refractivity contribution is -0.120. The summed E-state index contributed by atoms with van der Waals surface area (Å²) in [6, 6.07) is 14.6. The van der Waals surface area contributed by atoms with Crippen molar-refractivity contribution in [2.24, 2.45) is 0 Å². The van der Waals surface area contributed by atoms with E-state index in [1.54, 1.807) is 0 Å². The highest BCUT2D eigenvalue weighted by Crippen LogP contribution is 2.36. The Hall–Kier alpha value is -3.14. The number of hydrogen-bond donors (Lipinski definition) is 2. The predicted octanol–water partition coefficient (Wildman–Crippen LogP) is 6.42. The van der Waals surface area contributed by atoms with Crippen LogP contribution in [0.2, 0.25) is 0 Å². The molecule has 0 heterocycles. The summed E-state index contributed by atoms with van der Waals surface area (Å²) >= 11 is 0.